The number of nitrogens with one attached hydrogen (secondary N) is 2. The second-order valence-electron chi connectivity index (χ2n) is 14.5. The number of hydrogen-bond acceptors (Lipinski definition) is 12. The molecule has 2 fully saturated rings. The number of benzene rings is 3. The fraction of sp³-hybridized carbons (Fsp3) is 0.487. The van der Waals surface area contributed by atoms with E-state index in [1.54, 1.807) is 31.4 Å². The molecule has 16 heteroatoms. The zero-order chi connectivity index (χ0) is 39.0. The zero-order valence-electron chi connectivity index (χ0n) is 31.2. The van der Waals surface area contributed by atoms with Crippen molar-refractivity contribution in [1.29, 1.82) is 0 Å². The maximum Gasteiger partial charge on any atom is 0.412 e. The topological polar surface area (TPSA) is 180 Å². The summed E-state index contributed by atoms with van der Waals surface area (Å²) in [6, 6.07) is 19.4. The Morgan fingerprint density at radius 3 is 2.49 bits per heavy atom. The molecule has 3 heterocycles. The summed E-state index contributed by atoms with van der Waals surface area (Å²) in [6.07, 6.45) is -1.73. The van der Waals surface area contributed by atoms with Crippen LogP contribution in [0.4, 0.5) is 9.59 Å². The minimum Gasteiger partial charge on any atom is -0.497 e. The first kappa shape index (κ1) is 40.1. The van der Waals surface area contributed by atoms with Gasteiger partial charge in [0.05, 0.1) is 43.3 Å². The SMILES string of the molecule is COc1ccc(OC(=O)NCCCC(C)(C)CN(C[C@@H](O)[C@H](Cc2ccccc2)NC(=O)O[C@H]2CO[C@H]3OCC[C@H]32)S(=O)(=O)c2ccc3c(c2)OCO3)cc1. The number of alkyl carbamates (subject to hydrolysis) is 1. The van der Waals surface area contributed by atoms with Crippen molar-refractivity contribution in [3.63, 3.8) is 0 Å². The van der Waals surface area contributed by atoms with Gasteiger partial charge in [-0.3, -0.25) is 0 Å². The molecule has 0 unspecified atom stereocenters. The van der Waals surface area contributed by atoms with E-state index in [-0.39, 0.29) is 50.3 Å². The summed E-state index contributed by atoms with van der Waals surface area (Å²) in [5.74, 6) is 1.64. The highest BCUT2D eigenvalue weighted by Crippen LogP contribution is 2.36. The first-order chi connectivity index (χ1) is 26.4. The number of sulfonamides is 1. The second-order valence-corrected chi connectivity index (χ2v) is 16.5. The van der Waals surface area contributed by atoms with Crippen molar-refractivity contribution in [2.45, 2.75) is 69.0 Å². The molecule has 0 spiro atoms. The van der Waals surface area contributed by atoms with Crippen LogP contribution in [0.3, 0.4) is 0 Å². The highest BCUT2D eigenvalue weighted by molar-refractivity contribution is 7.89. The third-order valence-corrected chi connectivity index (χ3v) is 11.7. The van der Waals surface area contributed by atoms with E-state index >= 15 is 0 Å². The lowest BCUT2D eigenvalue weighted by Gasteiger charge is -2.35. The number of carbonyl (C=O) groups excluding carboxylic acids is 2. The fourth-order valence-corrected chi connectivity index (χ4v) is 8.55. The van der Waals surface area contributed by atoms with E-state index in [9.17, 15) is 23.1 Å². The van der Waals surface area contributed by atoms with Crippen molar-refractivity contribution in [2.75, 3.05) is 46.8 Å². The zero-order valence-corrected chi connectivity index (χ0v) is 32.0. The van der Waals surface area contributed by atoms with E-state index in [0.29, 0.717) is 48.9 Å². The number of fused-ring (bicyclic) bond motifs is 2. The lowest BCUT2D eigenvalue weighted by atomic mass is 9.87. The van der Waals surface area contributed by atoms with Gasteiger partial charge in [-0.05, 0) is 73.1 Å². The van der Waals surface area contributed by atoms with Crippen molar-refractivity contribution >= 4 is 22.2 Å². The summed E-state index contributed by atoms with van der Waals surface area (Å²) >= 11 is 0. The predicted molar refractivity (Wildman–Crippen MR) is 199 cm³/mol. The molecule has 3 aromatic rings. The van der Waals surface area contributed by atoms with Gasteiger partial charge in [-0.1, -0.05) is 44.2 Å². The van der Waals surface area contributed by atoms with Gasteiger partial charge in [0.25, 0.3) is 0 Å². The van der Waals surface area contributed by atoms with Crippen LogP contribution in [-0.4, -0.2) is 101 Å². The van der Waals surface area contributed by atoms with Crippen LogP contribution < -0.4 is 29.6 Å². The Morgan fingerprint density at radius 1 is 0.982 bits per heavy atom. The van der Waals surface area contributed by atoms with Gasteiger partial charge in [-0.25, -0.2) is 18.0 Å². The summed E-state index contributed by atoms with van der Waals surface area (Å²) < 4.78 is 68.3. The lowest BCUT2D eigenvalue weighted by Crippen LogP contribution is -2.52. The number of nitrogens with zero attached hydrogens (tertiary/aromatic N) is 1. The maximum absolute atomic E-state index is 14.4. The van der Waals surface area contributed by atoms with E-state index in [4.69, 9.17) is 33.2 Å². The van der Waals surface area contributed by atoms with Crippen LogP contribution in [0.1, 0.15) is 38.7 Å². The van der Waals surface area contributed by atoms with Crippen LogP contribution in [0.25, 0.3) is 0 Å². The monoisotopic (exact) mass is 783 g/mol. The molecular weight excluding hydrogens is 735 g/mol. The molecule has 55 heavy (non-hydrogen) atoms. The predicted octanol–water partition coefficient (Wildman–Crippen LogP) is 4.47. The Labute approximate surface area is 321 Å². The summed E-state index contributed by atoms with van der Waals surface area (Å²) in [5.41, 5.74) is 0.192. The molecule has 3 aromatic carbocycles. The number of ether oxygens (including phenoxy) is 7. The molecule has 0 aromatic heterocycles. The van der Waals surface area contributed by atoms with E-state index < -0.39 is 52.2 Å². The molecule has 3 N–H and O–H groups in total. The molecule has 3 aliphatic heterocycles. The highest BCUT2D eigenvalue weighted by Gasteiger charge is 2.44. The van der Waals surface area contributed by atoms with Gasteiger partial charge in [-0.15, -0.1) is 0 Å². The van der Waals surface area contributed by atoms with Crippen LogP contribution >= 0.6 is 0 Å². The van der Waals surface area contributed by atoms with Gasteiger partial charge in [0, 0.05) is 25.7 Å². The molecule has 298 valence electrons. The van der Waals surface area contributed by atoms with Gasteiger partial charge in [0.1, 0.15) is 17.6 Å². The summed E-state index contributed by atoms with van der Waals surface area (Å²) in [4.78, 5) is 25.7. The first-order valence-electron chi connectivity index (χ1n) is 18.3. The van der Waals surface area contributed by atoms with Gasteiger partial charge in [0.15, 0.2) is 17.8 Å². The quantitative estimate of drug-likeness (QED) is 0.164. The third kappa shape index (κ3) is 10.6. The molecule has 0 saturated carbocycles. The Balaban J connectivity index is 1.15. The molecule has 3 aliphatic rings. The Kier molecular flexibility index (Phi) is 13.0. The van der Waals surface area contributed by atoms with Crippen LogP contribution in [0.2, 0.25) is 0 Å². The van der Waals surface area contributed by atoms with Crippen LogP contribution in [-0.2, 0) is 30.7 Å². The number of carbonyl (C=O) groups is 2. The van der Waals surface area contributed by atoms with Crippen LogP contribution in [0.15, 0.2) is 77.7 Å². The molecule has 6 rings (SSSR count). The van der Waals surface area contributed by atoms with E-state index in [2.05, 4.69) is 10.6 Å². The minimum absolute atomic E-state index is 0.00210. The van der Waals surface area contributed by atoms with E-state index in [1.807, 2.05) is 44.2 Å². The molecule has 15 nitrogen and oxygen atoms in total. The Morgan fingerprint density at radius 2 is 1.73 bits per heavy atom. The minimum atomic E-state index is -4.23. The number of aliphatic hydroxyl groups excluding tert-OH is 1. The fourth-order valence-electron chi connectivity index (χ4n) is 6.89. The second kappa shape index (κ2) is 17.9. The van der Waals surface area contributed by atoms with E-state index in [0.717, 1.165) is 5.56 Å². The number of amides is 2. The maximum atomic E-state index is 14.4. The average Bonchev–Trinajstić information content (AvgIpc) is 3.92. The standard InChI is InChI=1S/C39H49N3O12S/c1-39(2,17-7-18-40-37(44)53-28-12-10-27(48-3)11-13-28)24-42(55(46,47)29-14-15-33-34(21-29)52-25-51-33)22-32(43)31(20-26-8-5-4-6-9-26)41-38(45)54-35-23-50-36-30(35)16-19-49-36/h4-6,8-15,21,30-32,35-36,43H,7,16-20,22-25H2,1-3H3,(H,40,44)(H,41,45)/t30-,31-,32+,35-,36+/m0/s1. The van der Waals surface area contributed by atoms with Gasteiger partial charge >= 0.3 is 12.2 Å². The Bertz CT molecular complexity index is 1860. The average molecular weight is 784 g/mol. The summed E-state index contributed by atoms with van der Waals surface area (Å²) in [5, 5.41) is 17.4. The van der Waals surface area contributed by atoms with E-state index in [1.165, 1.54) is 22.5 Å². The Hall–Kier alpha value is -4.61. The molecule has 2 amide bonds. The number of methoxy groups -OCH3 is 1. The number of aliphatic hydroxyl groups is 1. The lowest BCUT2D eigenvalue weighted by molar-refractivity contribution is -0.0907. The van der Waals surface area contributed by atoms with Crippen molar-refractivity contribution in [2.24, 2.45) is 11.3 Å². The van der Waals surface area contributed by atoms with Crippen molar-refractivity contribution in [3.05, 3.63) is 78.4 Å². The van der Waals surface area contributed by atoms with Gasteiger partial charge < -0.3 is 48.9 Å². The van der Waals surface area contributed by atoms with Gasteiger partial charge in [0.2, 0.25) is 16.8 Å². The molecule has 0 aliphatic carbocycles. The third-order valence-electron chi connectivity index (χ3n) is 9.86. The molecule has 5 atom stereocenters. The van der Waals surface area contributed by atoms with Gasteiger partial charge in [-0.2, -0.15) is 4.31 Å². The van der Waals surface area contributed by atoms with Crippen molar-refractivity contribution in [1.82, 2.24) is 14.9 Å². The smallest absolute Gasteiger partial charge is 0.412 e. The first-order valence-corrected chi connectivity index (χ1v) is 19.8. The largest absolute Gasteiger partial charge is 0.497 e. The summed E-state index contributed by atoms with van der Waals surface area (Å²) in [7, 11) is -2.69. The normalized spacial score (nSPS) is 20.1. The summed E-state index contributed by atoms with van der Waals surface area (Å²) in [6.45, 7) is 4.45. The van der Waals surface area contributed by atoms with Crippen molar-refractivity contribution < 1.29 is 56.3 Å². The number of hydrogen-bond donors (Lipinski definition) is 3. The molecule has 0 radical (unpaired) electrons. The molecule has 0 bridgehead atoms. The van der Waals surface area contributed by atoms with Crippen molar-refractivity contribution in [3.8, 4) is 23.0 Å². The number of rotatable bonds is 17. The van der Waals surface area contributed by atoms with Crippen LogP contribution in [0, 0.1) is 11.3 Å². The molecule has 2 saturated heterocycles. The highest BCUT2D eigenvalue weighted by atomic mass is 32.2. The van der Waals surface area contributed by atoms with Crippen LogP contribution in [0.5, 0.6) is 23.0 Å². The molecular formula is C39H49N3O12S.